The summed E-state index contributed by atoms with van der Waals surface area (Å²) in [7, 11) is 1.85. The monoisotopic (exact) mass is 259 g/mol. The molecule has 0 aliphatic heterocycles. The molecule has 19 heavy (non-hydrogen) atoms. The normalized spacial score (nSPS) is 11.3. The third-order valence-electron chi connectivity index (χ3n) is 3.09. The smallest absolute Gasteiger partial charge is 0.161 e. The average molecular weight is 259 g/mol. The third-order valence-corrected chi connectivity index (χ3v) is 3.09. The zero-order valence-corrected chi connectivity index (χ0v) is 10.5. The van der Waals surface area contributed by atoms with Crippen LogP contribution in [0.3, 0.4) is 0 Å². The molecule has 5 nitrogen and oxygen atoms in total. The van der Waals surface area contributed by atoms with Crippen molar-refractivity contribution >= 4 is 11.0 Å². The first-order valence-corrected chi connectivity index (χ1v) is 6.03. The van der Waals surface area contributed by atoms with Crippen molar-refractivity contribution in [1.29, 1.82) is 0 Å². The number of hydrogen-bond acceptors (Lipinski definition) is 3. The summed E-state index contributed by atoms with van der Waals surface area (Å²) in [5.41, 5.74) is 7.77. The molecule has 0 aliphatic carbocycles. The van der Waals surface area contributed by atoms with Crippen LogP contribution in [0.2, 0.25) is 0 Å². The van der Waals surface area contributed by atoms with Crippen molar-refractivity contribution < 1.29 is 4.39 Å². The molecule has 98 valence electrons. The first-order chi connectivity index (χ1) is 9.19. The SMILES string of the molecule is Cn1c(-c2cn(CCN)cn2)nc2ccc(F)cc21. The first kappa shape index (κ1) is 11.9. The minimum absolute atomic E-state index is 0.268. The highest BCUT2D eigenvalue weighted by molar-refractivity contribution is 5.79. The van der Waals surface area contributed by atoms with E-state index in [4.69, 9.17) is 5.73 Å². The number of imidazole rings is 2. The van der Waals surface area contributed by atoms with Crippen LogP contribution in [0.15, 0.2) is 30.7 Å². The molecule has 0 saturated carbocycles. The Balaban J connectivity index is 2.11. The summed E-state index contributed by atoms with van der Waals surface area (Å²) in [5.74, 6) is 0.451. The Morgan fingerprint density at radius 2 is 2.21 bits per heavy atom. The predicted octanol–water partition coefficient (Wildman–Crippen LogP) is 1.53. The van der Waals surface area contributed by atoms with Gasteiger partial charge in [0, 0.05) is 26.3 Å². The second-order valence-corrected chi connectivity index (χ2v) is 4.41. The molecule has 0 unspecified atom stereocenters. The summed E-state index contributed by atoms with van der Waals surface area (Å²) >= 11 is 0. The van der Waals surface area contributed by atoms with Gasteiger partial charge >= 0.3 is 0 Å². The zero-order chi connectivity index (χ0) is 13.4. The Morgan fingerprint density at radius 3 is 3.00 bits per heavy atom. The number of aryl methyl sites for hydroxylation is 1. The van der Waals surface area contributed by atoms with Crippen LogP contribution in [0, 0.1) is 5.82 Å². The summed E-state index contributed by atoms with van der Waals surface area (Å²) in [6, 6.07) is 4.56. The van der Waals surface area contributed by atoms with E-state index in [-0.39, 0.29) is 5.82 Å². The minimum Gasteiger partial charge on any atom is -0.335 e. The van der Waals surface area contributed by atoms with Crippen LogP contribution in [0.4, 0.5) is 4.39 Å². The molecule has 0 saturated heterocycles. The molecule has 0 bridgehead atoms. The van der Waals surface area contributed by atoms with Gasteiger partial charge in [0.25, 0.3) is 0 Å². The molecule has 2 aromatic heterocycles. The van der Waals surface area contributed by atoms with Gasteiger partial charge in [0.05, 0.1) is 17.4 Å². The molecule has 6 heteroatoms. The molecule has 2 N–H and O–H groups in total. The highest BCUT2D eigenvalue weighted by atomic mass is 19.1. The number of nitrogens with zero attached hydrogens (tertiary/aromatic N) is 4. The predicted molar refractivity (Wildman–Crippen MR) is 70.9 cm³/mol. The number of aromatic nitrogens is 4. The summed E-state index contributed by atoms with van der Waals surface area (Å²) in [6.07, 6.45) is 3.62. The maximum Gasteiger partial charge on any atom is 0.161 e. The molecular weight excluding hydrogens is 245 g/mol. The van der Waals surface area contributed by atoms with Crippen LogP contribution in [-0.2, 0) is 13.6 Å². The van der Waals surface area contributed by atoms with E-state index in [2.05, 4.69) is 9.97 Å². The Labute approximate surface area is 109 Å². The lowest BCUT2D eigenvalue weighted by atomic mass is 10.3. The van der Waals surface area contributed by atoms with Crippen LogP contribution in [0.1, 0.15) is 0 Å². The standard InChI is InChI=1S/C13H14FN5/c1-18-12-6-9(14)2-3-10(12)17-13(18)11-7-19(5-4-15)8-16-11/h2-3,6-8H,4-5,15H2,1H3. The largest absolute Gasteiger partial charge is 0.335 e. The number of halogens is 1. The van der Waals surface area contributed by atoms with E-state index >= 15 is 0 Å². The van der Waals surface area contributed by atoms with Crippen molar-refractivity contribution in [3.8, 4) is 11.5 Å². The van der Waals surface area contributed by atoms with Crippen molar-refractivity contribution in [3.63, 3.8) is 0 Å². The lowest BCUT2D eigenvalue weighted by Crippen LogP contribution is -2.07. The molecule has 0 atom stereocenters. The van der Waals surface area contributed by atoms with Gasteiger partial charge in [0.15, 0.2) is 5.82 Å². The van der Waals surface area contributed by atoms with E-state index in [1.54, 1.807) is 12.4 Å². The minimum atomic E-state index is -0.268. The van der Waals surface area contributed by atoms with Crippen molar-refractivity contribution in [2.24, 2.45) is 12.8 Å². The molecule has 2 heterocycles. The fourth-order valence-electron chi connectivity index (χ4n) is 2.14. The van der Waals surface area contributed by atoms with E-state index in [1.807, 2.05) is 22.4 Å². The molecule has 3 rings (SSSR count). The van der Waals surface area contributed by atoms with Crippen molar-refractivity contribution in [1.82, 2.24) is 19.1 Å². The third kappa shape index (κ3) is 2.00. The van der Waals surface area contributed by atoms with Crippen LogP contribution < -0.4 is 5.73 Å². The Kier molecular flexibility index (Phi) is 2.79. The van der Waals surface area contributed by atoms with Gasteiger partial charge in [0.2, 0.25) is 0 Å². The Hall–Kier alpha value is -2.21. The Bertz CT molecular complexity index is 728. The van der Waals surface area contributed by atoms with Crippen LogP contribution in [0.25, 0.3) is 22.6 Å². The molecule has 1 aromatic carbocycles. The second-order valence-electron chi connectivity index (χ2n) is 4.41. The van der Waals surface area contributed by atoms with Gasteiger partial charge in [-0.05, 0) is 18.2 Å². The van der Waals surface area contributed by atoms with Gasteiger partial charge < -0.3 is 14.9 Å². The van der Waals surface area contributed by atoms with Crippen molar-refractivity contribution in [2.45, 2.75) is 6.54 Å². The van der Waals surface area contributed by atoms with Crippen LogP contribution in [-0.4, -0.2) is 25.6 Å². The van der Waals surface area contributed by atoms with Crippen LogP contribution >= 0.6 is 0 Å². The first-order valence-electron chi connectivity index (χ1n) is 6.03. The van der Waals surface area contributed by atoms with E-state index < -0.39 is 0 Å². The van der Waals surface area contributed by atoms with Gasteiger partial charge in [-0.25, -0.2) is 14.4 Å². The molecular formula is C13H14FN5. The highest BCUT2D eigenvalue weighted by Crippen LogP contribution is 2.22. The molecule has 0 spiro atoms. The van der Waals surface area contributed by atoms with Gasteiger partial charge in [0.1, 0.15) is 11.5 Å². The van der Waals surface area contributed by atoms with E-state index in [0.717, 1.165) is 22.6 Å². The van der Waals surface area contributed by atoms with Crippen LogP contribution in [0.5, 0.6) is 0 Å². The van der Waals surface area contributed by atoms with E-state index in [0.29, 0.717) is 13.1 Å². The summed E-state index contributed by atoms with van der Waals surface area (Å²) in [5, 5.41) is 0. The molecule has 0 aliphatic rings. The van der Waals surface area contributed by atoms with E-state index in [1.165, 1.54) is 12.1 Å². The highest BCUT2D eigenvalue weighted by Gasteiger charge is 2.12. The summed E-state index contributed by atoms with van der Waals surface area (Å²) < 4.78 is 17.0. The quantitative estimate of drug-likeness (QED) is 0.776. The molecule has 3 aromatic rings. The average Bonchev–Trinajstić information content (AvgIpc) is 2.96. The van der Waals surface area contributed by atoms with Gasteiger partial charge in [-0.15, -0.1) is 0 Å². The molecule has 0 amide bonds. The number of nitrogens with two attached hydrogens (primary N) is 1. The second kappa shape index (κ2) is 4.47. The van der Waals surface area contributed by atoms with Gasteiger partial charge in [-0.2, -0.15) is 0 Å². The summed E-state index contributed by atoms with van der Waals surface area (Å²) in [4.78, 5) is 8.80. The number of hydrogen-bond donors (Lipinski definition) is 1. The number of benzene rings is 1. The zero-order valence-electron chi connectivity index (χ0n) is 10.5. The van der Waals surface area contributed by atoms with Gasteiger partial charge in [-0.1, -0.05) is 0 Å². The fraction of sp³-hybridized carbons (Fsp3) is 0.231. The number of fused-ring (bicyclic) bond motifs is 1. The van der Waals surface area contributed by atoms with Crippen molar-refractivity contribution in [3.05, 3.63) is 36.5 Å². The molecule has 0 radical (unpaired) electrons. The Morgan fingerprint density at radius 1 is 1.37 bits per heavy atom. The fourth-order valence-corrected chi connectivity index (χ4v) is 2.14. The maximum atomic E-state index is 13.3. The lowest BCUT2D eigenvalue weighted by molar-refractivity contribution is 0.629. The van der Waals surface area contributed by atoms with Gasteiger partial charge in [-0.3, -0.25) is 0 Å². The summed E-state index contributed by atoms with van der Waals surface area (Å²) in [6.45, 7) is 1.27. The van der Waals surface area contributed by atoms with E-state index in [9.17, 15) is 4.39 Å². The maximum absolute atomic E-state index is 13.3. The van der Waals surface area contributed by atoms with Crippen molar-refractivity contribution in [2.75, 3.05) is 6.54 Å². The lowest BCUT2D eigenvalue weighted by Gasteiger charge is -1.99. The number of rotatable bonds is 3. The topological polar surface area (TPSA) is 61.7 Å². The molecule has 0 fully saturated rings.